The number of benzene rings is 2. The summed E-state index contributed by atoms with van der Waals surface area (Å²) in [4.78, 5) is 28.0. The fraction of sp³-hybridized carbons (Fsp3) is 0.269. The van der Waals surface area contributed by atoms with Crippen LogP contribution in [0.15, 0.2) is 66.7 Å². The van der Waals surface area contributed by atoms with Crippen molar-refractivity contribution in [3.63, 3.8) is 0 Å². The molecule has 0 unspecified atom stereocenters. The lowest BCUT2D eigenvalue weighted by Gasteiger charge is -2.19. The number of carboxylic acids is 1. The van der Waals surface area contributed by atoms with Crippen molar-refractivity contribution in [1.82, 2.24) is 4.98 Å². The fourth-order valence-electron chi connectivity index (χ4n) is 3.06. The largest absolute Gasteiger partial charge is 0.490 e. The number of rotatable bonds is 11. The van der Waals surface area contributed by atoms with E-state index in [9.17, 15) is 9.59 Å². The zero-order chi connectivity index (χ0) is 28.9. The van der Waals surface area contributed by atoms with Gasteiger partial charge in [-0.2, -0.15) is 0 Å². The highest BCUT2D eigenvalue weighted by atomic mass is 16.5. The summed E-state index contributed by atoms with van der Waals surface area (Å²) in [6, 6.07) is 5.28. The van der Waals surface area contributed by atoms with Crippen molar-refractivity contribution in [2.24, 2.45) is 0 Å². The Bertz CT molecular complexity index is 1340. The quantitative estimate of drug-likeness (QED) is 0.427. The van der Waals surface area contributed by atoms with Crippen molar-refractivity contribution in [3.8, 4) is 11.5 Å². The molecule has 2 aromatic carbocycles. The second-order valence-electron chi connectivity index (χ2n) is 7.50. The number of ether oxygens (including phenoxy) is 3. The Morgan fingerprint density at radius 1 is 1.03 bits per heavy atom. The van der Waals surface area contributed by atoms with E-state index in [1.54, 1.807) is 19.9 Å². The van der Waals surface area contributed by atoms with E-state index in [2.05, 4.69) is 10.3 Å². The van der Waals surface area contributed by atoms with Gasteiger partial charge in [0.15, 0.2) is 0 Å². The minimum Gasteiger partial charge on any atom is -0.490 e. The minimum absolute atomic E-state index is 0.0161. The number of hydrogen-bond donors (Lipinski definition) is 2. The molecule has 0 saturated heterocycles. The molecule has 0 spiro atoms. The number of nitrogens with zero attached hydrogens (tertiary/aromatic N) is 1. The van der Waals surface area contributed by atoms with Crippen molar-refractivity contribution in [2.75, 3.05) is 19.0 Å². The second-order valence-corrected chi connectivity index (χ2v) is 7.50. The van der Waals surface area contributed by atoms with Crippen LogP contribution in [0, 0.1) is 0 Å². The Morgan fingerprint density at radius 3 is 2.29 bits per heavy atom. The van der Waals surface area contributed by atoms with E-state index in [0.29, 0.717) is 12.4 Å². The fourth-order valence-corrected chi connectivity index (χ4v) is 3.06. The van der Waals surface area contributed by atoms with Gasteiger partial charge in [-0.3, -0.25) is 4.79 Å². The number of amides is 1. The molecule has 1 heterocycles. The Balaban J connectivity index is 1.87. The zero-order valence-corrected chi connectivity index (χ0v) is 19.0. The van der Waals surface area contributed by atoms with Crippen molar-refractivity contribution in [1.29, 1.82) is 0 Å². The van der Waals surface area contributed by atoms with Crippen LogP contribution in [0.5, 0.6) is 11.5 Å². The minimum atomic E-state index is -1.14. The molecular weight excluding hydrogens is 436 g/mol. The van der Waals surface area contributed by atoms with E-state index < -0.39 is 36.1 Å². The summed E-state index contributed by atoms with van der Waals surface area (Å²) in [5, 5.41) is 11.6. The SMILES string of the molecule is [2H]c1c([2H])c([2H])c(C[C@H](C)Oc2cc(O[C@@H](C)COC)cc(C(=O)Nc3ccc(C(=O)O)cn3)c2)c([2H])c1[2H]. The Labute approximate surface area is 205 Å². The van der Waals surface area contributed by atoms with Gasteiger partial charge in [-0.25, -0.2) is 9.78 Å². The molecular formula is C26H28N2O6. The highest BCUT2D eigenvalue weighted by molar-refractivity contribution is 6.04. The van der Waals surface area contributed by atoms with E-state index in [-0.39, 0.29) is 52.9 Å². The number of carbonyl (C=O) groups excluding carboxylic acids is 1. The van der Waals surface area contributed by atoms with Gasteiger partial charge in [-0.15, -0.1) is 0 Å². The highest BCUT2D eigenvalue weighted by Gasteiger charge is 2.15. The topological polar surface area (TPSA) is 107 Å². The number of aromatic nitrogens is 1. The smallest absolute Gasteiger partial charge is 0.337 e. The summed E-state index contributed by atoms with van der Waals surface area (Å²) in [5.74, 6) is -1.00. The molecule has 8 nitrogen and oxygen atoms in total. The van der Waals surface area contributed by atoms with Crippen LogP contribution < -0.4 is 14.8 Å². The molecule has 0 fully saturated rings. The van der Waals surface area contributed by atoms with Crippen LogP contribution in [-0.2, 0) is 11.2 Å². The standard InChI is InChI=1S/C26H28N2O6/c1-17(11-19-7-5-4-6-8-19)33-22-12-21(13-23(14-22)34-18(2)16-32-3)25(29)28-24-10-9-20(15-27-24)26(30)31/h4-10,12-15,17-18H,11,16H2,1-3H3,(H,30,31)(H,27,28,29)/t17-,18-/m0/s1/i4D,5D,6D,7D,8D. The number of pyridine rings is 1. The predicted octanol–water partition coefficient (Wildman–Crippen LogP) is 4.46. The third kappa shape index (κ3) is 7.31. The molecule has 8 heteroatoms. The summed E-state index contributed by atoms with van der Waals surface area (Å²) in [5.41, 5.74) is 0.244. The first-order valence-electron chi connectivity index (χ1n) is 12.9. The summed E-state index contributed by atoms with van der Waals surface area (Å²) < 4.78 is 56.8. The van der Waals surface area contributed by atoms with Crippen LogP contribution in [0.4, 0.5) is 5.82 Å². The number of carbonyl (C=O) groups is 2. The molecule has 0 radical (unpaired) electrons. The number of aromatic carboxylic acids is 1. The van der Waals surface area contributed by atoms with Crippen LogP contribution in [-0.4, -0.2) is 47.9 Å². The van der Waals surface area contributed by atoms with E-state index >= 15 is 0 Å². The number of methoxy groups -OCH3 is 1. The van der Waals surface area contributed by atoms with Crippen LogP contribution in [0.1, 0.15) is 47.0 Å². The molecule has 2 atom stereocenters. The van der Waals surface area contributed by atoms with Gasteiger partial charge in [0, 0.05) is 31.4 Å². The molecule has 0 aliphatic rings. The number of carboxylic acid groups (broad SMARTS) is 1. The Hall–Kier alpha value is -3.91. The van der Waals surface area contributed by atoms with E-state index in [0.717, 1.165) is 6.20 Å². The first-order valence-corrected chi connectivity index (χ1v) is 10.4. The highest BCUT2D eigenvalue weighted by Crippen LogP contribution is 2.26. The lowest BCUT2D eigenvalue weighted by Crippen LogP contribution is -2.20. The molecule has 0 bridgehead atoms. The second kappa shape index (κ2) is 11.8. The summed E-state index contributed by atoms with van der Waals surface area (Å²) >= 11 is 0. The number of anilines is 1. The Morgan fingerprint density at radius 2 is 1.71 bits per heavy atom. The van der Waals surface area contributed by atoms with Gasteiger partial charge in [-0.05, 0) is 43.7 Å². The van der Waals surface area contributed by atoms with Crippen LogP contribution in [0.3, 0.4) is 0 Å². The number of nitrogens with one attached hydrogen (secondary N) is 1. The summed E-state index contributed by atoms with van der Waals surface area (Å²) in [6.45, 7) is 3.75. The van der Waals surface area contributed by atoms with Crippen molar-refractivity contribution >= 4 is 17.7 Å². The Kier molecular flexibility index (Phi) is 6.43. The first-order chi connectivity index (χ1) is 18.4. The van der Waals surface area contributed by atoms with Crippen molar-refractivity contribution < 1.29 is 35.8 Å². The maximum absolute atomic E-state index is 13.0. The molecule has 0 saturated carbocycles. The lowest BCUT2D eigenvalue weighted by molar-refractivity contribution is 0.0696. The van der Waals surface area contributed by atoms with Crippen LogP contribution in [0.2, 0.25) is 0 Å². The maximum Gasteiger partial charge on any atom is 0.337 e. The van der Waals surface area contributed by atoms with Gasteiger partial charge < -0.3 is 24.6 Å². The molecule has 0 aliphatic carbocycles. The molecule has 1 aromatic heterocycles. The third-order valence-electron chi connectivity index (χ3n) is 4.51. The van der Waals surface area contributed by atoms with Gasteiger partial charge in [0.25, 0.3) is 5.91 Å². The molecule has 0 aliphatic heterocycles. The molecule has 2 N–H and O–H groups in total. The van der Waals surface area contributed by atoms with E-state index in [1.165, 1.54) is 31.4 Å². The van der Waals surface area contributed by atoms with E-state index in [4.69, 9.17) is 26.2 Å². The zero-order valence-electron chi connectivity index (χ0n) is 24.0. The van der Waals surface area contributed by atoms with Gasteiger partial charge in [0.2, 0.25) is 0 Å². The van der Waals surface area contributed by atoms with Crippen LogP contribution in [0.25, 0.3) is 0 Å². The predicted molar refractivity (Wildman–Crippen MR) is 128 cm³/mol. The van der Waals surface area contributed by atoms with Gasteiger partial charge in [0.05, 0.1) is 25.1 Å². The third-order valence-corrected chi connectivity index (χ3v) is 4.51. The molecule has 3 rings (SSSR count). The van der Waals surface area contributed by atoms with Crippen LogP contribution >= 0.6 is 0 Å². The molecule has 178 valence electrons. The number of hydrogen-bond acceptors (Lipinski definition) is 6. The summed E-state index contributed by atoms with van der Waals surface area (Å²) in [6.07, 6.45) is 0.151. The monoisotopic (exact) mass is 469 g/mol. The first kappa shape index (κ1) is 18.5. The average Bonchev–Trinajstić information content (AvgIpc) is 2.89. The van der Waals surface area contributed by atoms with Gasteiger partial charge >= 0.3 is 5.97 Å². The van der Waals surface area contributed by atoms with E-state index in [1.807, 2.05) is 0 Å². The summed E-state index contributed by atoms with van der Waals surface area (Å²) in [7, 11) is 1.53. The molecule has 34 heavy (non-hydrogen) atoms. The average molecular weight is 470 g/mol. The van der Waals surface area contributed by atoms with Gasteiger partial charge in [-0.1, -0.05) is 30.2 Å². The van der Waals surface area contributed by atoms with Crippen molar-refractivity contribution in [2.45, 2.75) is 32.5 Å². The maximum atomic E-state index is 13.0. The van der Waals surface area contributed by atoms with Gasteiger partial charge in [0.1, 0.15) is 23.4 Å². The van der Waals surface area contributed by atoms with Crippen molar-refractivity contribution in [3.05, 3.63) is 83.4 Å². The normalized spacial score (nSPS) is 14.5. The lowest BCUT2D eigenvalue weighted by atomic mass is 10.1. The molecule has 3 aromatic rings. The molecule has 1 amide bonds.